The quantitative estimate of drug-likeness (QED) is 0.880. The molecule has 23 heavy (non-hydrogen) atoms. The first-order valence-electron chi connectivity index (χ1n) is 8.66. The largest absolute Gasteiger partial charge is 0.342 e. The normalized spacial score (nSPS) is 21.0. The van der Waals surface area contributed by atoms with E-state index in [1.54, 1.807) is 0 Å². The molecule has 3 heteroatoms. The molecule has 0 bridgehead atoms. The van der Waals surface area contributed by atoms with E-state index in [1.165, 1.54) is 49.2 Å². The van der Waals surface area contributed by atoms with Crippen molar-refractivity contribution >= 4 is 11.5 Å². The number of fused-ring (bicyclic) bond motifs is 1. The Balaban J connectivity index is 1.67. The van der Waals surface area contributed by atoms with Crippen LogP contribution in [-0.4, -0.2) is 10.8 Å². The minimum Gasteiger partial charge on any atom is -0.342 e. The number of nitrogens with zero attached hydrogens (tertiary/aromatic N) is 2. The number of aromatic nitrogens is 1. The Bertz CT molecular complexity index is 700. The van der Waals surface area contributed by atoms with Gasteiger partial charge < -0.3 is 5.32 Å². The molecule has 0 amide bonds. The van der Waals surface area contributed by atoms with Gasteiger partial charge in [0.25, 0.3) is 0 Å². The molecule has 1 saturated carbocycles. The molecule has 1 aliphatic carbocycles. The van der Waals surface area contributed by atoms with Crippen LogP contribution in [0, 0.1) is 5.41 Å². The van der Waals surface area contributed by atoms with Crippen LogP contribution in [0.3, 0.4) is 0 Å². The molecule has 1 aromatic heterocycles. The fourth-order valence-electron chi connectivity index (χ4n) is 3.96. The van der Waals surface area contributed by atoms with Gasteiger partial charge in [0.05, 0.1) is 17.9 Å². The molecule has 1 spiro atoms. The highest BCUT2D eigenvalue weighted by atomic mass is 15.0. The molecule has 3 nitrogen and oxygen atoms in total. The van der Waals surface area contributed by atoms with Gasteiger partial charge in [-0.1, -0.05) is 49.6 Å². The van der Waals surface area contributed by atoms with Crippen molar-refractivity contribution in [3.8, 4) is 0 Å². The van der Waals surface area contributed by atoms with Gasteiger partial charge in [-0.05, 0) is 30.5 Å². The molecule has 0 atom stereocenters. The molecule has 0 unspecified atom stereocenters. The molecule has 0 radical (unpaired) electrons. The van der Waals surface area contributed by atoms with Gasteiger partial charge >= 0.3 is 0 Å². The Morgan fingerprint density at radius 3 is 2.65 bits per heavy atom. The molecule has 2 heterocycles. The summed E-state index contributed by atoms with van der Waals surface area (Å²) in [5.41, 5.74) is 3.78. The fraction of sp³-hybridized carbons (Fsp3) is 0.400. The van der Waals surface area contributed by atoms with Crippen LogP contribution < -0.4 is 5.32 Å². The molecule has 1 aliphatic heterocycles. The van der Waals surface area contributed by atoms with E-state index in [2.05, 4.69) is 46.7 Å². The average Bonchev–Trinajstić information content (AvgIpc) is 2.61. The first-order chi connectivity index (χ1) is 11.4. The second-order valence-electron chi connectivity index (χ2n) is 6.79. The SMILES string of the molecule is c1ccc(CN=C2Nc3cccnc3CC23CCCCC3)cc1. The smallest absolute Gasteiger partial charge is 0.108 e. The summed E-state index contributed by atoms with van der Waals surface area (Å²) in [5, 5.41) is 3.62. The summed E-state index contributed by atoms with van der Waals surface area (Å²) in [4.78, 5) is 9.61. The standard InChI is InChI=1S/C20H23N3/c1-3-8-16(9-4-1)15-22-19-20(11-5-2-6-12-20)14-18-17(23-19)10-7-13-21-18/h1,3-4,7-10,13H,2,5-6,11-12,14-15H2,(H,22,23). The van der Waals surface area contributed by atoms with Crippen molar-refractivity contribution in [2.24, 2.45) is 10.4 Å². The van der Waals surface area contributed by atoms with Gasteiger partial charge in [0, 0.05) is 18.0 Å². The fourth-order valence-corrected chi connectivity index (χ4v) is 3.96. The van der Waals surface area contributed by atoms with Crippen LogP contribution in [0.2, 0.25) is 0 Å². The highest BCUT2D eigenvalue weighted by molar-refractivity contribution is 6.02. The third-order valence-electron chi connectivity index (χ3n) is 5.22. The number of rotatable bonds is 2. The van der Waals surface area contributed by atoms with Gasteiger partial charge in [-0.3, -0.25) is 9.98 Å². The molecule has 4 rings (SSSR count). The second-order valence-corrected chi connectivity index (χ2v) is 6.79. The molecule has 1 N–H and O–H groups in total. The third-order valence-corrected chi connectivity index (χ3v) is 5.22. The lowest BCUT2D eigenvalue weighted by Crippen LogP contribution is -2.43. The summed E-state index contributed by atoms with van der Waals surface area (Å²) in [7, 11) is 0. The molecule has 1 fully saturated rings. The monoisotopic (exact) mass is 305 g/mol. The molecule has 1 aromatic carbocycles. The number of benzene rings is 1. The molecular formula is C20H23N3. The van der Waals surface area contributed by atoms with E-state index in [4.69, 9.17) is 4.99 Å². The summed E-state index contributed by atoms with van der Waals surface area (Å²) >= 11 is 0. The van der Waals surface area contributed by atoms with Crippen molar-refractivity contribution < 1.29 is 0 Å². The highest BCUT2D eigenvalue weighted by Crippen LogP contribution is 2.44. The Hall–Kier alpha value is -2.16. The molecule has 2 aliphatic rings. The van der Waals surface area contributed by atoms with E-state index >= 15 is 0 Å². The first-order valence-corrected chi connectivity index (χ1v) is 8.66. The lowest BCUT2D eigenvalue weighted by Gasteiger charge is -2.42. The van der Waals surface area contributed by atoms with Crippen molar-refractivity contribution in [3.63, 3.8) is 0 Å². The predicted octanol–water partition coefficient (Wildman–Crippen LogP) is 4.60. The van der Waals surface area contributed by atoms with Gasteiger partial charge in [-0.2, -0.15) is 0 Å². The Morgan fingerprint density at radius 2 is 1.83 bits per heavy atom. The van der Waals surface area contributed by atoms with Crippen molar-refractivity contribution in [2.45, 2.75) is 45.1 Å². The maximum atomic E-state index is 5.01. The van der Waals surface area contributed by atoms with Gasteiger partial charge in [-0.25, -0.2) is 0 Å². The average molecular weight is 305 g/mol. The molecule has 118 valence electrons. The van der Waals surface area contributed by atoms with Crippen molar-refractivity contribution in [1.29, 1.82) is 0 Å². The van der Waals surface area contributed by atoms with E-state index in [0.717, 1.165) is 18.7 Å². The number of pyridine rings is 1. The van der Waals surface area contributed by atoms with Crippen LogP contribution in [0.4, 0.5) is 5.69 Å². The Kier molecular flexibility index (Phi) is 3.86. The molecule has 0 saturated heterocycles. The number of hydrogen-bond acceptors (Lipinski definition) is 2. The minimum atomic E-state index is 0.175. The van der Waals surface area contributed by atoms with E-state index in [-0.39, 0.29) is 5.41 Å². The number of anilines is 1. The van der Waals surface area contributed by atoms with Gasteiger partial charge in [-0.15, -0.1) is 0 Å². The Morgan fingerprint density at radius 1 is 1.00 bits per heavy atom. The van der Waals surface area contributed by atoms with Gasteiger partial charge in [0.2, 0.25) is 0 Å². The maximum Gasteiger partial charge on any atom is 0.108 e. The lowest BCUT2D eigenvalue weighted by atomic mass is 9.68. The number of aliphatic imine (C=N–C) groups is 1. The number of nitrogens with one attached hydrogen (secondary N) is 1. The molecular weight excluding hydrogens is 282 g/mol. The lowest BCUT2D eigenvalue weighted by molar-refractivity contribution is 0.276. The topological polar surface area (TPSA) is 37.3 Å². The van der Waals surface area contributed by atoms with E-state index in [9.17, 15) is 0 Å². The van der Waals surface area contributed by atoms with Crippen LogP contribution >= 0.6 is 0 Å². The number of amidine groups is 1. The first kappa shape index (κ1) is 14.4. The van der Waals surface area contributed by atoms with Crippen LogP contribution in [0.25, 0.3) is 0 Å². The van der Waals surface area contributed by atoms with E-state index in [1.807, 2.05) is 12.3 Å². The maximum absolute atomic E-state index is 5.01. The van der Waals surface area contributed by atoms with Crippen LogP contribution in [0.5, 0.6) is 0 Å². The van der Waals surface area contributed by atoms with Crippen molar-refractivity contribution in [3.05, 3.63) is 59.9 Å². The number of hydrogen-bond donors (Lipinski definition) is 1. The second kappa shape index (κ2) is 6.15. The van der Waals surface area contributed by atoms with Crippen molar-refractivity contribution in [2.75, 3.05) is 5.32 Å². The van der Waals surface area contributed by atoms with Crippen molar-refractivity contribution in [1.82, 2.24) is 4.98 Å². The van der Waals surface area contributed by atoms with E-state index < -0.39 is 0 Å². The van der Waals surface area contributed by atoms with Crippen LogP contribution in [0.15, 0.2) is 53.7 Å². The Labute approximate surface area is 137 Å². The zero-order valence-corrected chi connectivity index (χ0v) is 13.5. The zero-order chi connectivity index (χ0) is 15.5. The van der Waals surface area contributed by atoms with Gasteiger partial charge in [0.1, 0.15) is 5.84 Å². The molecule has 2 aromatic rings. The summed E-state index contributed by atoms with van der Waals surface area (Å²) in [5.74, 6) is 1.18. The minimum absolute atomic E-state index is 0.175. The van der Waals surface area contributed by atoms with Gasteiger partial charge in [0.15, 0.2) is 0 Å². The van der Waals surface area contributed by atoms with Crippen LogP contribution in [-0.2, 0) is 13.0 Å². The van der Waals surface area contributed by atoms with Crippen LogP contribution in [0.1, 0.15) is 43.4 Å². The predicted molar refractivity (Wildman–Crippen MR) is 94.7 cm³/mol. The summed E-state index contributed by atoms with van der Waals surface area (Å²) < 4.78 is 0. The summed E-state index contributed by atoms with van der Waals surface area (Å²) in [6, 6.07) is 14.6. The van der Waals surface area contributed by atoms with E-state index in [0.29, 0.717) is 0 Å². The zero-order valence-electron chi connectivity index (χ0n) is 13.5. The third kappa shape index (κ3) is 2.88. The summed E-state index contributed by atoms with van der Waals surface area (Å²) in [6.07, 6.45) is 9.34. The summed E-state index contributed by atoms with van der Waals surface area (Å²) in [6.45, 7) is 0.751. The highest BCUT2D eigenvalue weighted by Gasteiger charge is 2.41.